The van der Waals surface area contributed by atoms with Gasteiger partial charge < -0.3 is 30.7 Å². The largest absolute Gasteiger partial charge is 0.491 e. The highest BCUT2D eigenvalue weighted by Crippen LogP contribution is 2.19. The Balaban J connectivity index is 2.49. The Bertz CT molecular complexity index is 1010. The molecule has 0 fully saturated rings. The number of carboxylic acids is 1. The van der Waals surface area contributed by atoms with Crippen molar-refractivity contribution in [1.82, 2.24) is 20.9 Å². The Labute approximate surface area is 217 Å². The van der Waals surface area contributed by atoms with E-state index in [4.69, 9.17) is 4.74 Å². The second-order valence-electron chi connectivity index (χ2n) is 10.2. The summed E-state index contributed by atoms with van der Waals surface area (Å²) in [6.45, 7) is 9.12. The van der Waals surface area contributed by atoms with Gasteiger partial charge >= 0.3 is 5.97 Å². The molecule has 0 unspecified atom stereocenters. The molecular formula is C26H38N4O7. The number of ether oxygens (including phenoxy) is 1. The Morgan fingerprint density at radius 2 is 1.70 bits per heavy atom. The van der Waals surface area contributed by atoms with Crippen LogP contribution >= 0.6 is 0 Å². The summed E-state index contributed by atoms with van der Waals surface area (Å²) in [6, 6.07) is 2.48. The molecule has 0 aromatic heterocycles. The van der Waals surface area contributed by atoms with Crippen molar-refractivity contribution in [2.45, 2.75) is 71.6 Å². The summed E-state index contributed by atoms with van der Waals surface area (Å²) in [7, 11) is 1.42. The number of likely N-dealkylation sites (N-methyl/N-ethyl adjacent to an activating group) is 1. The lowest BCUT2D eigenvalue weighted by Crippen LogP contribution is -2.57. The number of benzene rings is 1. The van der Waals surface area contributed by atoms with Crippen molar-refractivity contribution in [3.05, 3.63) is 29.8 Å². The van der Waals surface area contributed by atoms with Gasteiger partial charge in [0, 0.05) is 7.05 Å². The normalized spacial score (nSPS) is 24.5. The van der Waals surface area contributed by atoms with Crippen LogP contribution in [-0.4, -0.2) is 77.4 Å². The Morgan fingerprint density at radius 3 is 2.30 bits per heavy atom. The van der Waals surface area contributed by atoms with Gasteiger partial charge in [0.05, 0.1) is 18.0 Å². The van der Waals surface area contributed by atoms with E-state index in [0.29, 0.717) is 6.42 Å². The number of nitrogens with zero attached hydrogens (tertiary/aromatic N) is 1. The molecule has 0 saturated heterocycles. The first-order chi connectivity index (χ1) is 17.3. The molecule has 11 heteroatoms. The zero-order valence-corrected chi connectivity index (χ0v) is 22.2. The van der Waals surface area contributed by atoms with Crippen LogP contribution in [0.2, 0.25) is 0 Å². The molecule has 1 heterocycles. The predicted molar refractivity (Wildman–Crippen MR) is 136 cm³/mol. The van der Waals surface area contributed by atoms with E-state index >= 15 is 0 Å². The van der Waals surface area contributed by atoms with E-state index in [1.165, 1.54) is 18.0 Å². The van der Waals surface area contributed by atoms with Crippen molar-refractivity contribution < 1.29 is 33.8 Å². The number of carboxylic acid groups (broad SMARTS) is 1. The first-order valence-electron chi connectivity index (χ1n) is 12.4. The third-order valence-corrected chi connectivity index (χ3v) is 6.10. The minimum Gasteiger partial charge on any atom is -0.491 e. The van der Waals surface area contributed by atoms with Crippen LogP contribution in [0.1, 0.15) is 57.8 Å². The van der Waals surface area contributed by atoms with Crippen LogP contribution in [0.3, 0.4) is 0 Å². The van der Waals surface area contributed by atoms with Gasteiger partial charge in [-0.05, 0) is 37.3 Å². The average Bonchev–Trinajstić information content (AvgIpc) is 2.82. The first kappa shape index (κ1) is 29.6. The van der Waals surface area contributed by atoms with Crippen LogP contribution < -0.4 is 20.7 Å². The highest BCUT2D eigenvalue weighted by molar-refractivity contribution is 6.00. The van der Waals surface area contributed by atoms with Gasteiger partial charge in [-0.1, -0.05) is 39.8 Å². The molecule has 1 aliphatic rings. The zero-order chi connectivity index (χ0) is 27.9. The fraction of sp³-hybridized carbons (Fsp3) is 0.577. The molecule has 37 heavy (non-hydrogen) atoms. The van der Waals surface area contributed by atoms with Gasteiger partial charge in [0.1, 0.15) is 30.5 Å². The van der Waals surface area contributed by atoms with Gasteiger partial charge in [-0.15, -0.1) is 0 Å². The summed E-state index contributed by atoms with van der Waals surface area (Å²) in [5.41, 5.74) is 0.0898. The molecule has 0 radical (unpaired) electrons. The van der Waals surface area contributed by atoms with Crippen molar-refractivity contribution >= 4 is 29.6 Å². The second-order valence-corrected chi connectivity index (χ2v) is 10.2. The number of para-hydroxylation sites is 1. The number of hydrogen-bond acceptors (Lipinski definition) is 6. The SMILES string of the molecule is CC(C)C[C@H]1C(=O)N[C@H](C(C)C)C(=O)N[C@@H](C)COc2ccccc2C(=O)N[C@H](C(=O)O)CC(=O)N1C. The van der Waals surface area contributed by atoms with Crippen LogP contribution in [0.4, 0.5) is 0 Å². The molecule has 0 aliphatic carbocycles. The average molecular weight is 519 g/mol. The number of hydrogen-bond donors (Lipinski definition) is 4. The third kappa shape index (κ3) is 8.19. The third-order valence-electron chi connectivity index (χ3n) is 6.10. The number of nitrogens with one attached hydrogen (secondary N) is 3. The first-order valence-corrected chi connectivity index (χ1v) is 12.4. The van der Waals surface area contributed by atoms with Crippen LogP contribution in [0.25, 0.3) is 0 Å². The molecule has 2 rings (SSSR count). The quantitative estimate of drug-likeness (QED) is 0.466. The van der Waals surface area contributed by atoms with Crippen molar-refractivity contribution in [3.63, 3.8) is 0 Å². The smallest absolute Gasteiger partial charge is 0.326 e. The fourth-order valence-corrected chi connectivity index (χ4v) is 3.97. The zero-order valence-electron chi connectivity index (χ0n) is 22.2. The predicted octanol–water partition coefficient (Wildman–Crippen LogP) is 1.17. The number of carbonyl (C=O) groups is 5. The maximum absolute atomic E-state index is 13.3. The van der Waals surface area contributed by atoms with E-state index in [1.807, 2.05) is 13.8 Å². The highest BCUT2D eigenvalue weighted by atomic mass is 16.5. The molecule has 1 aromatic rings. The number of aliphatic carboxylic acids is 1. The molecular weight excluding hydrogens is 480 g/mol. The summed E-state index contributed by atoms with van der Waals surface area (Å²) in [6.07, 6.45) is -0.268. The Kier molecular flexibility index (Phi) is 10.5. The molecule has 0 saturated carbocycles. The van der Waals surface area contributed by atoms with Crippen molar-refractivity contribution in [3.8, 4) is 5.75 Å². The molecule has 1 aromatic carbocycles. The van der Waals surface area contributed by atoms with Gasteiger partial charge in [0.25, 0.3) is 5.91 Å². The lowest BCUT2D eigenvalue weighted by molar-refractivity contribution is -0.145. The topological polar surface area (TPSA) is 154 Å². The summed E-state index contributed by atoms with van der Waals surface area (Å²) in [5, 5.41) is 17.7. The molecule has 204 valence electrons. The fourth-order valence-electron chi connectivity index (χ4n) is 3.97. The summed E-state index contributed by atoms with van der Waals surface area (Å²) < 4.78 is 5.77. The Hall–Kier alpha value is -3.63. The lowest BCUT2D eigenvalue weighted by Gasteiger charge is -2.32. The van der Waals surface area contributed by atoms with Crippen LogP contribution in [-0.2, 0) is 19.2 Å². The van der Waals surface area contributed by atoms with E-state index < -0.39 is 60.2 Å². The van der Waals surface area contributed by atoms with Gasteiger partial charge in [-0.2, -0.15) is 0 Å². The van der Waals surface area contributed by atoms with Crippen LogP contribution in [0, 0.1) is 11.8 Å². The molecule has 0 spiro atoms. The number of fused-ring (bicyclic) bond motifs is 1. The number of carbonyl (C=O) groups excluding carboxylic acids is 4. The maximum Gasteiger partial charge on any atom is 0.326 e. The van der Waals surface area contributed by atoms with E-state index in [2.05, 4.69) is 16.0 Å². The molecule has 11 nitrogen and oxygen atoms in total. The maximum atomic E-state index is 13.3. The monoisotopic (exact) mass is 518 g/mol. The number of rotatable bonds is 4. The van der Waals surface area contributed by atoms with Crippen molar-refractivity contribution in [1.29, 1.82) is 0 Å². The van der Waals surface area contributed by atoms with Gasteiger partial charge in [0.2, 0.25) is 17.7 Å². The summed E-state index contributed by atoms with van der Waals surface area (Å²) in [4.78, 5) is 65.6. The van der Waals surface area contributed by atoms with Crippen LogP contribution in [0.15, 0.2) is 24.3 Å². The number of amides is 4. The molecule has 4 N–H and O–H groups in total. The van der Waals surface area contributed by atoms with Crippen molar-refractivity contribution in [2.24, 2.45) is 11.8 Å². The van der Waals surface area contributed by atoms with Gasteiger partial charge in [-0.3, -0.25) is 19.2 Å². The van der Waals surface area contributed by atoms with Crippen molar-refractivity contribution in [2.75, 3.05) is 13.7 Å². The minimum atomic E-state index is -1.53. The highest BCUT2D eigenvalue weighted by Gasteiger charge is 2.35. The Morgan fingerprint density at radius 1 is 1.05 bits per heavy atom. The van der Waals surface area contributed by atoms with Gasteiger partial charge in [0.15, 0.2) is 0 Å². The molecule has 1 aliphatic heterocycles. The molecule has 4 atom stereocenters. The van der Waals surface area contributed by atoms with Crippen LogP contribution in [0.5, 0.6) is 5.75 Å². The van der Waals surface area contributed by atoms with Gasteiger partial charge in [-0.25, -0.2) is 4.79 Å². The van der Waals surface area contributed by atoms with E-state index in [9.17, 15) is 29.1 Å². The molecule has 0 bridgehead atoms. The van der Waals surface area contributed by atoms with E-state index in [1.54, 1.807) is 39.0 Å². The standard InChI is InChI=1S/C26H38N4O7/c1-14(2)11-19-24(33)29-22(15(3)4)25(34)27-16(5)13-37-20-10-8-7-9-17(20)23(32)28-18(26(35)36)12-21(31)30(19)6/h7-10,14-16,18-19,22H,11-13H2,1-6H3,(H,27,34)(H,28,32)(H,29,33)(H,35,36)/t16-,18-,19-,22+/m0/s1. The lowest BCUT2D eigenvalue weighted by atomic mass is 9.98. The second kappa shape index (κ2) is 13.1. The summed E-state index contributed by atoms with van der Waals surface area (Å²) in [5.74, 6) is -3.71. The van der Waals surface area contributed by atoms with E-state index in [0.717, 1.165) is 0 Å². The van der Waals surface area contributed by atoms with E-state index in [-0.39, 0.29) is 29.8 Å². The minimum absolute atomic E-state index is 0.0222. The molecule has 4 amide bonds. The summed E-state index contributed by atoms with van der Waals surface area (Å²) >= 11 is 0.